The zero-order valence-corrected chi connectivity index (χ0v) is 21.8. The third-order valence-corrected chi connectivity index (χ3v) is 8.85. The summed E-state index contributed by atoms with van der Waals surface area (Å²) in [5.74, 6) is -0.0190. The van der Waals surface area contributed by atoms with Crippen molar-refractivity contribution >= 4 is 50.5 Å². The lowest BCUT2D eigenvalue weighted by Crippen LogP contribution is -2.44. The van der Waals surface area contributed by atoms with Crippen molar-refractivity contribution in [2.75, 3.05) is 7.05 Å². The van der Waals surface area contributed by atoms with Crippen molar-refractivity contribution in [3.63, 3.8) is 0 Å². The van der Waals surface area contributed by atoms with Gasteiger partial charge in [0.15, 0.2) is 0 Å². The highest BCUT2D eigenvalue weighted by molar-refractivity contribution is 7.21. The number of rotatable bonds is 6. The molecule has 1 saturated carbocycles. The monoisotopic (exact) mass is 523 g/mol. The molecule has 1 aliphatic carbocycles. The van der Waals surface area contributed by atoms with Crippen LogP contribution in [-0.2, 0) is 6.54 Å². The van der Waals surface area contributed by atoms with E-state index >= 15 is 0 Å². The van der Waals surface area contributed by atoms with E-state index in [1.54, 1.807) is 12.4 Å². The second-order valence-electron chi connectivity index (χ2n) is 9.02. The first-order chi connectivity index (χ1) is 17.0. The van der Waals surface area contributed by atoms with E-state index in [1.165, 1.54) is 11.3 Å². The third-order valence-electron chi connectivity index (χ3n) is 6.90. The molecule has 1 amide bonds. The Kier molecular flexibility index (Phi) is 7.40. The molecule has 4 nitrogen and oxygen atoms in total. The van der Waals surface area contributed by atoms with Gasteiger partial charge in [0.2, 0.25) is 0 Å². The van der Waals surface area contributed by atoms with Gasteiger partial charge in [0.05, 0.1) is 10.0 Å². The number of hydrogen-bond acceptors (Lipinski definition) is 4. The molecule has 0 bridgehead atoms. The summed E-state index contributed by atoms with van der Waals surface area (Å²) in [6, 6.07) is 18.8. The first-order valence-electron chi connectivity index (χ1n) is 11.9. The van der Waals surface area contributed by atoms with Crippen LogP contribution in [0.15, 0.2) is 67.0 Å². The van der Waals surface area contributed by atoms with Crippen LogP contribution in [0.25, 0.3) is 21.2 Å². The Balaban J connectivity index is 1.49. The molecule has 0 atom stereocenters. The summed E-state index contributed by atoms with van der Waals surface area (Å²) < 4.78 is 0.935. The van der Waals surface area contributed by atoms with Crippen molar-refractivity contribution < 1.29 is 4.79 Å². The maximum Gasteiger partial charge on any atom is 0.266 e. The molecule has 0 saturated heterocycles. The van der Waals surface area contributed by atoms with Gasteiger partial charge in [-0.2, -0.15) is 0 Å². The average molecular weight is 525 g/mol. The van der Waals surface area contributed by atoms with Gasteiger partial charge in [-0.1, -0.05) is 47.5 Å². The summed E-state index contributed by atoms with van der Waals surface area (Å²) >= 11 is 14.6. The van der Waals surface area contributed by atoms with Gasteiger partial charge in [-0.05, 0) is 79.8 Å². The Hall–Kier alpha value is -2.44. The molecule has 180 valence electrons. The normalized spacial score (nSPS) is 18.0. The Morgan fingerprint density at radius 3 is 2.49 bits per heavy atom. The summed E-state index contributed by atoms with van der Waals surface area (Å²) in [4.78, 5) is 20.8. The fourth-order valence-corrected chi connectivity index (χ4v) is 6.88. The van der Waals surface area contributed by atoms with Crippen LogP contribution in [-0.4, -0.2) is 34.9 Å². The Morgan fingerprint density at radius 2 is 1.77 bits per heavy atom. The fraction of sp³-hybridized carbons (Fsp3) is 0.286. The van der Waals surface area contributed by atoms with Gasteiger partial charge < -0.3 is 10.2 Å². The molecule has 1 aliphatic rings. The van der Waals surface area contributed by atoms with Gasteiger partial charge in [0, 0.05) is 41.1 Å². The third kappa shape index (κ3) is 5.10. The van der Waals surface area contributed by atoms with Crippen molar-refractivity contribution in [1.29, 1.82) is 0 Å². The van der Waals surface area contributed by atoms with Crippen molar-refractivity contribution in [2.45, 2.75) is 44.3 Å². The van der Waals surface area contributed by atoms with Crippen LogP contribution in [0, 0.1) is 0 Å². The lowest BCUT2D eigenvalue weighted by atomic mass is 9.89. The van der Waals surface area contributed by atoms with Crippen LogP contribution < -0.4 is 5.32 Å². The molecule has 7 heteroatoms. The van der Waals surface area contributed by atoms with E-state index in [0.717, 1.165) is 52.5 Å². The molecule has 2 aromatic carbocycles. The van der Waals surface area contributed by atoms with Crippen LogP contribution >= 0.6 is 34.5 Å². The number of aromatic nitrogens is 1. The molecular formula is C28H27Cl2N3OS. The second-order valence-corrected chi connectivity index (χ2v) is 10.9. The van der Waals surface area contributed by atoms with E-state index in [-0.39, 0.29) is 11.9 Å². The summed E-state index contributed by atoms with van der Waals surface area (Å²) in [6.45, 7) is 0.533. The molecule has 1 fully saturated rings. The van der Waals surface area contributed by atoms with E-state index in [2.05, 4.69) is 34.6 Å². The topological polar surface area (TPSA) is 45.2 Å². The minimum atomic E-state index is -0.0190. The highest BCUT2D eigenvalue weighted by Crippen LogP contribution is 2.41. The first kappa shape index (κ1) is 24.3. The zero-order valence-electron chi connectivity index (χ0n) is 19.5. The minimum absolute atomic E-state index is 0.0190. The van der Waals surface area contributed by atoms with E-state index in [9.17, 15) is 4.79 Å². The van der Waals surface area contributed by atoms with Gasteiger partial charge >= 0.3 is 0 Å². The van der Waals surface area contributed by atoms with E-state index < -0.39 is 0 Å². The lowest BCUT2D eigenvalue weighted by Gasteiger charge is -2.37. The smallest absolute Gasteiger partial charge is 0.266 e. The van der Waals surface area contributed by atoms with Gasteiger partial charge in [0.25, 0.3) is 5.91 Å². The van der Waals surface area contributed by atoms with E-state index in [0.29, 0.717) is 27.5 Å². The standard InChI is InChI=1S/C28H27Cl2N3OS/c1-31-21-8-10-22(11-9-21)33(17-18-4-2-5-20(16-18)19-12-14-32-15-13-19)28(34)27-26(30)25-23(29)6-3-7-24(25)35-27/h2-7,12-16,21-22,31H,8-11,17H2,1H3/t21-,22+. The maximum atomic E-state index is 14.0. The fourth-order valence-electron chi connectivity index (χ4n) is 4.97. The maximum absolute atomic E-state index is 14.0. The SMILES string of the molecule is CN[C@H]1CC[C@@H](N(Cc2cccc(-c3ccncc3)c2)C(=O)c2sc3cccc(Cl)c3c2Cl)CC1. The number of benzene rings is 2. The average Bonchev–Trinajstić information content (AvgIpc) is 3.25. The number of carbonyl (C=O) groups excluding carboxylic acids is 1. The number of fused-ring (bicyclic) bond motifs is 1. The van der Waals surface area contributed by atoms with Crippen LogP contribution in [0.4, 0.5) is 0 Å². The molecule has 0 spiro atoms. The minimum Gasteiger partial charge on any atom is -0.331 e. The number of nitrogens with one attached hydrogen (secondary N) is 1. The van der Waals surface area contributed by atoms with E-state index in [1.807, 2.05) is 42.3 Å². The molecule has 2 aromatic heterocycles. The molecular weight excluding hydrogens is 497 g/mol. The van der Waals surface area contributed by atoms with Gasteiger partial charge in [-0.25, -0.2) is 0 Å². The second kappa shape index (κ2) is 10.7. The highest BCUT2D eigenvalue weighted by Gasteiger charge is 2.31. The van der Waals surface area contributed by atoms with Crippen molar-refractivity contribution in [2.24, 2.45) is 0 Å². The number of halogens is 2. The number of nitrogens with zero attached hydrogens (tertiary/aromatic N) is 2. The Bertz CT molecular complexity index is 1330. The summed E-state index contributed by atoms with van der Waals surface area (Å²) in [5, 5.41) is 5.19. The van der Waals surface area contributed by atoms with Crippen LogP contribution in [0.1, 0.15) is 40.9 Å². The van der Waals surface area contributed by atoms with Crippen LogP contribution in [0.2, 0.25) is 10.0 Å². The number of amides is 1. The molecule has 2 heterocycles. The first-order valence-corrected chi connectivity index (χ1v) is 13.5. The Morgan fingerprint density at radius 1 is 1.03 bits per heavy atom. The van der Waals surface area contributed by atoms with Crippen molar-refractivity contribution in [3.8, 4) is 11.1 Å². The largest absolute Gasteiger partial charge is 0.331 e. The number of carbonyl (C=O) groups is 1. The lowest BCUT2D eigenvalue weighted by molar-refractivity contribution is 0.0606. The predicted molar refractivity (Wildman–Crippen MR) is 146 cm³/mol. The molecule has 0 unspecified atom stereocenters. The number of hydrogen-bond donors (Lipinski definition) is 1. The molecule has 5 rings (SSSR count). The van der Waals surface area contributed by atoms with Gasteiger partial charge in [0.1, 0.15) is 4.88 Å². The summed E-state index contributed by atoms with van der Waals surface area (Å²) in [5.41, 5.74) is 3.32. The zero-order chi connectivity index (χ0) is 24.4. The Labute approximate surface area is 219 Å². The van der Waals surface area contributed by atoms with Gasteiger partial charge in [-0.3, -0.25) is 9.78 Å². The molecule has 0 radical (unpaired) electrons. The van der Waals surface area contributed by atoms with Gasteiger partial charge in [-0.15, -0.1) is 11.3 Å². The summed E-state index contributed by atoms with van der Waals surface area (Å²) in [6.07, 6.45) is 7.62. The van der Waals surface area contributed by atoms with E-state index in [4.69, 9.17) is 23.2 Å². The van der Waals surface area contributed by atoms with Crippen LogP contribution in [0.3, 0.4) is 0 Å². The highest BCUT2D eigenvalue weighted by atomic mass is 35.5. The van der Waals surface area contributed by atoms with Crippen molar-refractivity contribution in [3.05, 3.63) is 87.5 Å². The molecule has 4 aromatic rings. The predicted octanol–water partition coefficient (Wildman–Crippen LogP) is 7.44. The quantitative estimate of drug-likeness (QED) is 0.285. The van der Waals surface area contributed by atoms with Crippen molar-refractivity contribution in [1.82, 2.24) is 15.2 Å². The van der Waals surface area contributed by atoms with Crippen LogP contribution in [0.5, 0.6) is 0 Å². The number of thiophene rings is 1. The molecule has 1 N–H and O–H groups in total. The summed E-state index contributed by atoms with van der Waals surface area (Å²) in [7, 11) is 2.01. The number of pyridine rings is 1. The molecule has 35 heavy (non-hydrogen) atoms. The molecule has 0 aliphatic heterocycles.